The Bertz CT molecular complexity index is 464. The molecule has 1 aliphatic rings. The van der Waals surface area contributed by atoms with Crippen LogP contribution >= 0.6 is 0 Å². The van der Waals surface area contributed by atoms with E-state index in [0.717, 1.165) is 25.1 Å². The molecular weight excluding hydrogens is 286 g/mol. The van der Waals surface area contributed by atoms with Crippen LogP contribution in [0.3, 0.4) is 0 Å². The number of carbonyl (C=O) groups is 1. The zero-order valence-corrected chi connectivity index (χ0v) is 14.6. The molecule has 1 aromatic rings. The Labute approximate surface area is 140 Å². The van der Waals surface area contributed by atoms with Crippen molar-refractivity contribution in [2.45, 2.75) is 46.0 Å². The number of rotatable bonds is 8. The Morgan fingerprint density at radius 3 is 2.52 bits per heavy atom. The molecule has 0 bridgehead atoms. The first-order valence-electron chi connectivity index (χ1n) is 8.99. The Morgan fingerprint density at radius 1 is 1.17 bits per heavy atom. The van der Waals surface area contributed by atoms with Crippen LogP contribution in [0.4, 0.5) is 10.5 Å². The average molecular weight is 317 g/mol. The van der Waals surface area contributed by atoms with E-state index in [9.17, 15) is 4.79 Å². The number of likely N-dealkylation sites (tertiary alicyclic amines) is 1. The van der Waals surface area contributed by atoms with Crippen LogP contribution in [0.1, 0.15) is 45.1 Å². The molecule has 128 valence electrons. The topological polar surface area (TPSA) is 44.4 Å². The van der Waals surface area contributed by atoms with Crippen molar-refractivity contribution in [3.05, 3.63) is 29.8 Å². The number of hydrogen-bond donors (Lipinski definition) is 2. The van der Waals surface area contributed by atoms with E-state index < -0.39 is 0 Å². The number of nitrogens with one attached hydrogen (secondary N) is 2. The Morgan fingerprint density at radius 2 is 1.87 bits per heavy atom. The monoisotopic (exact) mass is 317 g/mol. The quantitative estimate of drug-likeness (QED) is 0.764. The molecule has 2 N–H and O–H groups in total. The lowest BCUT2D eigenvalue weighted by molar-refractivity contribution is 0.251. The summed E-state index contributed by atoms with van der Waals surface area (Å²) in [5.41, 5.74) is 2.20. The molecule has 0 aliphatic carbocycles. The van der Waals surface area contributed by atoms with E-state index >= 15 is 0 Å². The maximum absolute atomic E-state index is 11.8. The molecule has 0 spiro atoms. The molecule has 2 rings (SSSR count). The second-order valence-corrected chi connectivity index (χ2v) is 6.91. The maximum Gasteiger partial charge on any atom is 0.319 e. The van der Waals surface area contributed by atoms with Gasteiger partial charge in [-0.1, -0.05) is 26.0 Å². The second-order valence-electron chi connectivity index (χ2n) is 6.91. The molecular formula is C19H31N3O. The van der Waals surface area contributed by atoms with E-state index in [1.165, 1.54) is 44.5 Å². The van der Waals surface area contributed by atoms with Crippen molar-refractivity contribution >= 4 is 11.7 Å². The van der Waals surface area contributed by atoms with Gasteiger partial charge in [0, 0.05) is 12.2 Å². The van der Waals surface area contributed by atoms with Crippen LogP contribution in [-0.4, -0.2) is 37.1 Å². The normalized spacial score (nSPS) is 15.1. The third kappa shape index (κ3) is 7.04. The van der Waals surface area contributed by atoms with E-state index in [1.54, 1.807) is 0 Å². The van der Waals surface area contributed by atoms with E-state index in [2.05, 4.69) is 41.5 Å². The second kappa shape index (κ2) is 9.56. The molecule has 4 nitrogen and oxygen atoms in total. The molecule has 4 heteroatoms. The minimum absolute atomic E-state index is 0.118. The largest absolute Gasteiger partial charge is 0.338 e. The van der Waals surface area contributed by atoms with E-state index in [4.69, 9.17) is 0 Å². The number of hydrogen-bond acceptors (Lipinski definition) is 2. The highest BCUT2D eigenvalue weighted by Crippen LogP contribution is 2.13. The van der Waals surface area contributed by atoms with Gasteiger partial charge in [0.15, 0.2) is 0 Å². The number of aryl methyl sites for hydroxylation is 1. The smallest absolute Gasteiger partial charge is 0.319 e. The van der Waals surface area contributed by atoms with Gasteiger partial charge in [0.1, 0.15) is 0 Å². The molecule has 1 fully saturated rings. The minimum Gasteiger partial charge on any atom is -0.338 e. The summed E-state index contributed by atoms with van der Waals surface area (Å²) in [5.74, 6) is 0.607. The molecule has 0 atom stereocenters. The molecule has 0 saturated carbocycles. The van der Waals surface area contributed by atoms with Gasteiger partial charge in [-0.3, -0.25) is 0 Å². The molecule has 1 heterocycles. The number of anilines is 1. The molecule has 1 aromatic carbocycles. The van der Waals surface area contributed by atoms with Gasteiger partial charge in [0.2, 0.25) is 0 Å². The summed E-state index contributed by atoms with van der Waals surface area (Å²) >= 11 is 0. The molecule has 0 unspecified atom stereocenters. The summed E-state index contributed by atoms with van der Waals surface area (Å²) in [4.78, 5) is 14.3. The van der Waals surface area contributed by atoms with Crippen LogP contribution in [0.15, 0.2) is 24.3 Å². The van der Waals surface area contributed by atoms with Crippen molar-refractivity contribution in [3.8, 4) is 0 Å². The van der Waals surface area contributed by atoms with Gasteiger partial charge in [-0.15, -0.1) is 0 Å². The summed E-state index contributed by atoms with van der Waals surface area (Å²) in [6.07, 6.45) is 6.04. The molecule has 1 aliphatic heterocycles. The van der Waals surface area contributed by atoms with Crippen LogP contribution in [0, 0.1) is 5.92 Å². The van der Waals surface area contributed by atoms with Crippen molar-refractivity contribution in [3.63, 3.8) is 0 Å². The summed E-state index contributed by atoms with van der Waals surface area (Å²) in [5, 5.41) is 5.77. The number of carbonyl (C=O) groups excluding carboxylic acids is 1. The van der Waals surface area contributed by atoms with Gasteiger partial charge >= 0.3 is 6.03 Å². The van der Waals surface area contributed by atoms with Gasteiger partial charge in [-0.25, -0.2) is 4.79 Å². The predicted molar refractivity (Wildman–Crippen MR) is 96.9 cm³/mol. The Kier molecular flexibility index (Phi) is 7.40. The van der Waals surface area contributed by atoms with Gasteiger partial charge in [-0.2, -0.15) is 0 Å². The van der Waals surface area contributed by atoms with E-state index in [-0.39, 0.29) is 6.03 Å². The van der Waals surface area contributed by atoms with Crippen molar-refractivity contribution in [1.82, 2.24) is 10.2 Å². The number of amides is 2. The molecule has 2 amide bonds. The average Bonchev–Trinajstić information content (AvgIpc) is 3.02. The highest BCUT2D eigenvalue weighted by Gasteiger charge is 2.10. The van der Waals surface area contributed by atoms with Crippen molar-refractivity contribution in [2.75, 3.05) is 31.5 Å². The third-order valence-electron chi connectivity index (χ3n) is 4.36. The fourth-order valence-corrected chi connectivity index (χ4v) is 2.92. The highest BCUT2D eigenvalue weighted by atomic mass is 16.2. The lowest BCUT2D eigenvalue weighted by atomic mass is 10.1. The van der Waals surface area contributed by atoms with Crippen molar-refractivity contribution < 1.29 is 4.79 Å². The lowest BCUT2D eigenvalue weighted by Crippen LogP contribution is -2.30. The maximum atomic E-state index is 11.8. The van der Waals surface area contributed by atoms with Crippen molar-refractivity contribution in [2.24, 2.45) is 5.92 Å². The summed E-state index contributed by atoms with van der Waals surface area (Å²) in [6.45, 7) is 8.78. The summed E-state index contributed by atoms with van der Waals surface area (Å²) < 4.78 is 0. The van der Waals surface area contributed by atoms with Gasteiger partial charge < -0.3 is 15.5 Å². The van der Waals surface area contributed by atoms with Crippen molar-refractivity contribution in [1.29, 1.82) is 0 Å². The number of benzene rings is 1. The zero-order chi connectivity index (χ0) is 16.5. The SMILES string of the molecule is CC(C)CCNC(=O)Nc1ccc(CCCN2CCCC2)cc1. The van der Waals surface area contributed by atoms with E-state index in [0.29, 0.717) is 5.92 Å². The first-order chi connectivity index (χ1) is 11.1. The first-order valence-corrected chi connectivity index (χ1v) is 8.99. The highest BCUT2D eigenvalue weighted by molar-refractivity contribution is 5.89. The summed E-state index contributed by atoms with van der Waals surface area (Å²) in [7, 11) is 0. The van der Waals surface area contributed by atoms with Crippen LogP contribution in [0.2, 0.25) is 0 Å². The molecule has 0 radical (unpaired) electrons. The number of urea groups is 1. The molecule has 0 aromatic heterocycles. The van der Waals surface area contributed by atoms with Crippen LogP contribution in [0.25, 0.3) is 0 Å². The van der Waals surface area contributed by atoms with Crippen LogP contribution in [-0.2, 0) is 6.42 Å². The molecule has 23 heavy (non-hydrogen) atoms. The Hall–Kier alpha value is -1.55. The van der Waals surface area contributed by atoms with Gasteiger partial charge in [0.05, 0.1) is 0 Å². The zero-order valence-electron chi connectivity index (χ0n) is 14.6. The third-order valence-corrected chi connectivity index (χ3v) is 4.36. The standard InChI is InChI=1S/C19H31N3O/c1-16(2)11-12-20-19(23)21-18-9-7-17(8-10-18)6-5-15-22-13-3-4-14-22/h7-10,16H,3-6,11-15H2,1-2H3,(H2,20,21,23). The van der Waals surface area contributed by atoms with Gasteiger partial charge in [-0.05, 0) is 75.4 Å². The minimum atomic E-state index is -0.118. The Balaban J connectivity index is 1.66. The summed E-state index contributed by atoms with van der Waals surface area (Å²) in [6, 6.07) is 8.11. The van der Waals surface area contributed by atoms with Gasteiger partial charge in [0.25, 0.3) is 0 Å². The van der Waals surface area contributed by atoms with Crippen LogP contribution in [0.5, 0.6) is 0 Å². The lowest BCUT2D eigenvalue weighted by Gasteiger charge is -2.14. The predicted octanol–water partition coefficient (Wildman–Crippen LogP) is 3.88. The van der Waals surface area contributed by atoms with Crippen LogP contribution < -0.4 is 10.6 Å². The number of nitrogens with zero attached hydrogens (tertiary/aromatic N) is 1. The fraction of sp³-hybridized carbons (Fsp3) is 0.632. The molecule has 1 saturated heterocycles. The fourth-order valence-electron chi connectivity index (χ4n) is 2.92. The first kappa shape index (κ1) is 17.8. The van der Waals surface area contributed by atoms with E-state index in [1.807, 2.05) is 12.1 Å².